The first-order valence-corrected chi connectivity index (χ1v) is 11.4. The van der Waals surface area contributed by atoms with Gasteiger partial charge in [0.1, 0.15) is 11.5 Å². The van der Waals surface area contributed by atoms with E-state index in [1.165, 1.54) is 5.56 Å². The number of aryl methyl sites for hydroxylation is 1. The van der Waals surface area contributed by atoms with Crippen LogP contribution in [0, 0.1) is 12.8 Å². The Morgan fingerprint density at radius 1 is 1.03 bits per heavy atom. The van der Waals surface area contributed by atoms with E-state index in [1.54, 1.807) is 0 Å². The normalized spacial score (nSPS) is 14.2. The molecular formula is C25H34N2O6. The second-order valence-electron chi connectivity index (χ2n) is 8.27. The van der Waals surface area contributed by atoms with Crippen LogP contribution in [-0.2, 0) is 27.5 Å². The number of unbranched alkanes of at least 4 members (excludes halogenated alkanes) is 1. The summed E-state index contributed by atoms with van der Waals surface area (Å²) in [6.07, 6.45) is 4.06. The van der Waals surface area contributed by atoms with Gasteiger partial charge in [-0.2, -0.15) is 0 Å². The lowest BCUT2D eigenvalue weighted by Crippen LogP contribution is -2.42. The first-order valence-electron chi connectivity index (χ1n) is 11.4. The van der Waals surface area contributed by atoms with E-state index in [-0.39, 0.29) is 5.92 Å². The summed E-state index contributed by atoms with van der Waals surface area (Å²) in [6, 6.07) is 14.4. The summed E-state index contributed by atoms with van der Waals surface area (Å²) in [5, 5.41) is 14.8. The molecule has 0 radical (unpaired) electrons. The predicted molar refractivity (Wildman–Crippen MR) is 123 cm³/mol. The number of carboxylic acid groups (broad SMARTS) is 2. The number of furan rings is 1. The molecule has 1 aliphatic rings. The summed E-state index contributed by atoms with van der Waals surface area (Å²) in [4.78, 5) is 35.8. The number of hydrogen-bond acceptors (Lipinski definition) is 5. The highest BCUT2D eigenvalue weighted by molar-refractivity contribution is 6.27. The van der Waals surface area contributed by atoms with Gasteiger partial charge < -0.3 is 19.5 Å². The first kappa shape index (κ1) is 26.1. The second-order valence-corrected chi connectivity index (χ2v) is 8.27. The maximum Gasteiger partial charge on any atom is 0.414 e. The molecule has 0 atom stereocenters. The van der Waals surface area contributed by atoms with Gasteiger partial charge in [-0.1, -0.05) is 43.7 Å². The van der Waals surface area contributed by atoms with Crippen LogP contribution in [0.5, 0.6) is 0 Å². The van der Waals surface area contributed by atoms with Gasteiger partial charge in [-0.25, -0.2) is 9.59 Å². The Labute approximate surface area is 194 Å². The molecule has 2 N–H and O–H groups in total. The Morgan fingerprint density at radius 3 is 2.18 bits per heavy atom. The van der Waals surface area contributed by atoms with Crippen LogP contribution in [0.15, 0.2) is 46.9 Å². The monoisotopic (exact) mass is 458 g/mol. The summed E-state index contributed by atoms with van der Waals surface area (Å²) in [7, 11) is 0. The van der Waals surface area contributed by atoms with Crippen LogP contribution >= 0.6 is 0 Å². The van der Waals surface area contributed by atoms with E-state index in [1.807, 2.05) is 31.2 Å². The van der Waals surface area contributed by atoms with Gasteiger partial charge in [0.05, 0.1) is 6.54 Å². The number of hydrogen-bond donors (Lipinski definition) is 2. The SMILES string of the molecule is CCCCN(Cc1ccccc1)C(=O)C1CCN(Cc2ccc(C)o2)CC1.O=C(O)C(=O)O. The summed E-state index contributed by atoms with van der Waals surface area (Å²) in [5.41, 5.74) is 1.22. The number of benzene rings is 1. The maximum absolute atomic E-state index is 13.2. The van der Waals surface area contributed by atoms with Crippen molar-refractivity contribution in [2.45, 2.75) is 52.6 Å². The molecular weight excluding hydrogens is 424 g/mol. The standard InChI is InChI=1S/C23H32N2O2.C2H2O4/c1-3-4-14-25(17-20-8-6-5-7-9-20)23(26)21-12-15-24(16-13-21)18-22-11-10-19(2)27-22;3-1(4)2(5)6/h5-11,21H,3-4,12-18H2,1-2H3;(H,3,4)(H,5,6). The van der Waals surface area contributed by atoms with Gasteiger partial charge in [-0.3, -0.25) is 9.69 Å². The zero-order chi connectivity index (χ0) is 24.2. The average molecular weight is 459 g/mol. The van der Waals surface area contributed by atoms with E-state index in [2.05, 4.69) is 34.9 Å². The number of aliphatic carboxylic acids is 2. The Bertz CT molecular complexity index is 875. The molecule has 33 heavy (non-hydrogen) atoms. The summed E-state index contributed by atoms with van der Waals surface area (Å²) >= 11 is 0. The number of piperidine rings is 1. The van der Waals surface area contributed by atoms with Crippen LogP contribution in [0.3, 0.4) is 0 Å². The number of nitrogens with zero attached hydrogens (tertiary/aromatic N) is 2. The molecule has 1 aromatic carbocycles. The van der Waals surface area contributed by atoms with Crippen molar-refractivity contribution in [1.29, 1.82) is 0 Å². The van der Waals surface area contributed by atoms with Crippen molar-refractivity contribution in [2.75, 3.05) is 19.6 Å². The fraction of sp³-hybridized carbons (Fsp3) is 0.480. The largest absolute Gasteiger partial charge is 0.473 e. The molecule has 1 aliphatic heterocycles. The highest BCUT2D eigenvalue weighted by Gasteiger charge is 2.28. The van der Waals surface area contributed by atoms with E-state index in [4.69, 9.17) is 24.2 Å². The number of amides is 1. The third-order valence-electron chi connectivity index (χ3n) is 5.60. The first-order chi connectivity index (χ1) is 15.8. The molecule has 0 saturated carbocycles. The number of carboxylic acids is 2. The van der Waals surface area contributed by atoms with Gasteiger partial charge in [0.2, 0.25) is 5.91 Å². The van der Waals surface area contributed by atoms with Crippen molar-refractivity contribution in [2.24, 2.45) is 5.92 Å². The molecule has 0 bridgehead atoms. The summed E-state index contributed by atoms with van der Waals surface area (Å²) < 4.78 is 5.69. The fourth-order valence-electron chi connectivity index (χ4n) is 3.81. The highest BCUT2D eigenvalue weighted by atomic mass is 16.4. The minimum Gasteiger partial charge on any atom is -0.473 e. The van der Waals surface area contributed by atoms with Crippen LogP contribution in [-0.4, -0.2) is 57.5 Å². The smallest absolute Gasteiger partial charge is 0.414 e. The number of likely N-dealkylation sites (tertiary alicyclic amines) is 1. The van der Waals surface area contributed by atoms with E-state index in [0.717, 1.165) is 69.9 Å². The number of carbonyl (C=O) groups excluding carboxylic acids is 1. The Morgan fingerprint density at radius 2 is 1.67 bits per heavy atom. The molecule has 0 unspecified atom stereocenters. The van der Waals surface area contributed by atoms with Gasteiger partial charge in [0.25, 0.3) is 0 Å². The Hall–Kier alpha value is -3.13. The Kier molecular flexibility index (Phi) is 10.6. The van der Waals surface area contributed by atoms with Crippen molar-refractivity contribution in [3.8, 4) is 0 Å². The van der Waals surface area contributed by atoms with Crippen molar-refractivity contribution in [3.63, 3.8) is 0 Å². The van der Waals surface area contributed by atoms with Gasteiger partial charge in [-0.05, 0) is 57.0 Å². The van der Waals surface area contributed by atoms with Crippen LogP contribution in [0.1, 0.15) is 49.7 Å². The predicted octanol–water partition coefficient (Wildman–Crippen LogP) is 3.78. The van der Waals surface area contributed by atoms with Gasteiger partial charge in [0, 0.05) is 19.0 Å². The lowest BCUT2D eigenvalue weighted by atomic mass is 9.94. The molecule has 0 aliphatic carbocycles. The molecule has 8 heteroatoms. The van der Waals surface area contributed by atoms with Crippen LogP contribution in [0.2, 0.25) is 0 Å². The van der Waals surface area contributed by atoms with Gasteiger partial charge in [0.15, 0.2) is 0 Å². The van der Waals surface area contributed by atoms with Crippen LogP contribution < -0.4 is 0 Å². The molecule has 3 rings (SSSR count). The third-order valence-corrected chi connectivity index (χ3v) is 5.60. The Balaban J connectivity index is 0.000000569. The quantitative estimate of drug-likeness (QED) is 0.579. The van der Waals surface area contributed by atoms with Crippen LogP contribution in [0.25, 0.3) is 0 Å². The zero-order valence-electron chi connectivity index (χ0n) is 19.4. The molecule has 1 aromatic heterocycles. The third kappa shape index (κ3) is 9.10. The summed E-state index contributed by atoms with van der Waals surface area (Å²) in [6.45, 7) is 8.51. The van der Waals surface area contributed by atoms with E-state index in [0.29, 0.717) is 5.91 Å². The highest BCUT2D eigenvalue weighted by Crippen LogP contribution is 2.23. The van der Waals surface area contributed by atoms with E-state index >= 15 is 0 Å². The van der Waals surface area contributed by atoms with Crippen molar-refractivity contribution in [3.05, 3.63) is 59.5 Å². The average Bonchev–Trinajstić information content (AvgIpc) is 3.22. The molecule has 180 valence electrons. The number of rotatable bonds is 8. The molecule has 2 aromatic rings. The van der Waals surface area contributed by atoms with E-state index in [9.17, 15) is 4.79 Å². The van der Waals surface area contributed by atoms with Crippen molar-refractivity contribution >= 4 is 17.8 Å². The maximum atomic E-state index is 13.2. The van der Waals surface area contributed by atoms with Crippen molar-refractivity contribution < 1.29 is 29.0 Å². The summed E-state index contributed by atoms with van der Waals surface area (Å²) in [5.74, 6) is -1.18. The molecule has 0 spiro atoms. The minimum absolute atomic E-state index is 0.153. The molecule has 1 fully saturated rings. The van der Waals surface area contributed by atoms with Gasteiger partial charge >= 0.3 is 11.9 Å². The zero-order valence-corrected chi connectivity index (χ0v) is 19.4. The van der Waals surface area contributed by atoms with E-state index < -0.39 is 11.9 Å². The molecule has 8 nitrogen and oxygen atoms in total. The second kappa shape index (κ2) is 13.4. The minimum atomic E-state index is -1.82. The van der Waals surface area contributed by atoms with Gasteiger partial charge in [-0.15, -0.1) is 0 Å². The lowest BCUT2D eigenvalue weighted by Gasteiger charge is -2.34. The molecule has 2 heterocycles. The molecule has 1 saturated heterocycles. The fourth-order valence-corrected chi connectivity index (χ4v) is 3.81. The van der Waals surface area contributed by atoms with Crippen LogP contribution in [0.4, 0.5) is 0 Å². The molecule has 1 amide bonds. The van der Waals surface area contributed by atoms with Crippen molar-refractivity contribution in [1.82, 2.24) is 9.80 Å². The number of carbonyl (C=O) groups is 3. The lowest BCUT2D eigenvalue weighted by molar-refractivity contribution is -0.159. The topological polar surface area (TPSA) is 111 Å².